The van der Waals surface area contributed by atoms with Crippen LogP contribution in [0.15, 0.2) is 0 Å². The fourth-order valence-corrected chi connectivity index (χ4v) is 1.55. The number of aliphatic hydroxyl groups is 1. The highest BCUT2D eigenvalue weighted by Crippen LogP contribution is 2.39. The van der Waals surface area contributed by atoms with Crippen molar-refractivity contribution >= 4 is 0 Å². The summed E-state index contributed by atoms with van der Waals surface area (Å²) >= 11 is 0. The molecule has 1 saturated carbocycles. The van der Waals surface area contributed by atoms with Crippen LogP contribution in [0.5, 0.6) is 0 Å². The zero-order chi connectivity index (χ0) is 9.19. The Bertz CT molecular complexity index is 139. The smallest absolute Gasteiger partial charge is 0.0524 e. The van der Waals surface area contributed by atoms with E-state index in [-0.39, 0.29) is 11.6 Å². The van der Waals surface area contributed by atoms with E-state index in [1.807, 2.05) is 6.92 Å². The van der Waals surface area contributed by atoms with Gasteiger partial charge in [-0.25, -0.2) is 0 Å². The molecular weight excluding hydrogens is 150 g/mol. The molecule has 0 heterocycles. The summed E-state index contributed by atoms with van der Waals surface area (Å²) in [5.74, 6) is 0.867. The molecule has 0 aromatic heterocycles. The molecule has 0 saturated heterocycles. The minimum absolute atomic E-state index is 0.174. The quantitative estimate of drug-likeness (QED) is 0.657. The molecule has 12 heavy (non-hydrogen) atoms. The lowest BCUT2D eigenvalue weighted by atomic mass is 9.98. The van der Waals surface area contributed by atoms with E-state index in [0.29, 0.717) is 0 Å². The lowest BCUT2D eigenvalue weighted by Gasteiger charge is -2.26. The van der Waals surface area contributed by atoms with E-state index >= 15 is 0 Å². The first-order chi connectivity index (χ1) is 5.52. The van der Waals surface area contributed by atoms with Crippen LogP contribution in [-0.4, -0.2) is 23.3 Å². The SMILES string of the molecule is CC(O)CCNC(C)(C)C1CC1. The molecule has 1 unspecified atom stereocenters. The van der Waals surface area contributed by atoms with E-state index in [0.717, 1.165) is 18.9 Å². The third-order valence-electron chi connectivity index (χ3n) is 2.74. The van der Waals surface area contributed by atoms with Crippen molar-refractivity contribution in [3.63, 3.8) is 0 Å². The Kier molecular flexibility index (Phi) is 3.13. The molecule has 0 aliphatic heterocycles. The summed E-state index contributed by atoms with van der Waals surface area (Å²) in [4.78, 5) is 0. The lowest BCUT2D eigenvalue weighted by molar-refractivity contribution is 0.177. The Morgan fingerprint density at radius 1 is 1.50 bits per heavy atom. The van der Waals surface area contributed by atoms with E-state index in [4.69, 9.17) is 5.11 Å². The zero-order valence-electron chi connectivity index (χ0n) is 8.43. The van der Waals surface area contributed by atoms with Crippen LogP contribution in [0.25, 0.3) is 0 Å². The van der Waals surface area contributed by atoms with Gasteiger partial charge in [-0.1, -0.05) is 0 Å². The van der Waals surface area contributed by atoms with Crippen molar-refractivity contribution in [2.24, 2.45) is 5.92 Å². The van der Waals surface area contributed by atoms with E-state index in [1.165, 1.54) is 12.8 Å². The molecule has 72 valence electrons. The number of hydrogen-bond acceptors (Lipinski definition) is 2. The van der Waals surface area contributed by atoms with Crippen molar-refractivity contribution in [2.75, 3.05) is 6.54 Å². The molecule has 0 spiro atoms. The molecule has 0 amide bonds. The second-order valence-electron chi connectivity index (χ2n) is 4.56. The van der Waals surface area contributed by atoms with Gasteiger partial charge in [-0.15, -0.1) is 0 Å². The van der Waals surface area contributed by atoms with Gasteiger partial charge in [0.05, 0.1) is 6.10 Å². The average molecular weight is 171 g/mol. The predicted octanol–water partition coefficient (Wildman–Crippen LogP) is 1.54. The maximum absolute atomic E-state index is 9.06. The Balaban J connectivity index is 2.12. The Labute approximate surface area is 75.4 Å². The van der Waals surface area contributed by atoms with Gasteiger partial charge in [0, 0.05) is 5.54 Å². The van der Waals surface area contributed by atoms with Gasteiger partial charge in [0.25, 0.3) is 0 Å². The van der Waals surface area contributed by atoms with Gasteiger partial charge < -0.3 is 10.4 Å². The highest BCUT2D eigenvalue weighted by atomic mass is 16.3. The molecule has 0 aromatic carbocycles. The van der Waals surface area contributed by atoms with Crippen LogP contribution >= 0.6 is 0 Å². The van der Waals surface area contributed by atoms with E-state index in [1.54, 1.807) is 0 Å². The van der Waals surface area contributed by atoms with Crippen LogP contribution in [0.1, 0.15) is 40.0 Å². The molecule has 1 aliphatic rings. The molecule has 0 bridgehead atoms. The third kappa shape index (κ3) is 3.11. The second kappa shape index (κ2) is 3.75. The summed E-state index contributed by atoms with van der Waals surface area (Å²) in [5, 5.41) is 12.6. The largest absolute Gasteiger partial charge is 0.393 e. The molecule has 2 N–H and O–H groups in total. The highest BCUT2D eigenvalue weighted by molar-refractivity contribution is 4.94. The van der Waals surface area contributed by atoms with Gasteiger partial charge >= 0.3 is 0 Å². The Morgan fingerprint density at radius 3 is 2.50 bits per heavy atom. The fourth-order valence-electron chi connectivity index (χ4n) is 1.55. The Hall–Kier alpha value is -0.0800. The van der Waals surface area contributed by atoms with Gasteiger partial charge in [-0.05, 0) is 52.5 Å². The van der Waals surface area contributed by atoms with Crippen molar-refractivity contribution in [1.29, 1.82) is 0 Å². The first-order valence-electron chi connectivity index (χ1n) is 4.95. The van der Waals surface area contributed by atoms with Crippen molar-refractivity contribution in [1.82, 2.24) is 5.32 Å². The number of hydrogen-bond donors (Lipinski definition) is 2. The minimum atomic E-state index is -0.174. The predicted molar refractivity (Wildman–Crippen MR) is 51.1 cm³/mol. The van der Waals surface area contributed by atoms with E-state index < -0.39 is 0 Å². The summed E-state index contributed by atoms with van der Waals surface area (Å²) in [6.45, 7) is 7.28. The Morgan fingerprint density at radius 2 is 2.08 bits per heavy atom. The van der Waals surface area contributed by atoms with Crippen LogP contribution in [-0.2, 0) is 0 Å². The normalized spacial score (nSPS) is 21.0. The first-order valence-corrected chi connectivity index (χ1v) is 4.95. The monoisotopic (exact) mass is 171 g/mol. The molecular formula is C10H21NO. The molecule has 1 rings (SSSR count). The topological polar surface area (TPSA) is 32.3 Å². The molecule has 1 fully saturated rings. The van der Waals surface area contributed by atoms with E-state index in [2.05, 4.69) is 19.2 Å². The summed E-state index contributed by atoms with van der Waals surface area (Å²) < 4.78 is 0. The number of nitrogens with one attached hydrogen (secondary N) is 1. The minimum Gasteiger partial charge on any atom is -0.393 e. The maximum atomic E-state index is 9.06. The van der Waals surface area contributed by atoms with Crippen LogP contribution < -0.4 is 5.32 Å². The summed E-state index contributed by atoms with van der Waals surface area (Å²) in [7, 11) is 0. The first kappa shape index (κ1) is 10.0. The molecule has 0 radical (unpaired) electrons. The third-order valence-corrected chi connectivity index (χ3v) is 2.74. The van der Waals surface area contributed by atoms with Crippen molar-refractivity contribution in [3.8, 4) is 0 Å². The van der Waals surface area contributed by atoms with Crippen molar-refractivity contribution in [3.05, 3.63) is 0 Å². The lowest BCUT2D eigenvalue weighted by Crippen LogP contribution is -2.42. The molecule has 1 aliphatic carbocycles. The molecule has 2 heteroatoms. The van der Waals surface area contributed by atoms with Crippen LogP contribution in [0.3, 0.4) is 0 Å². The second-order valence-corrected chi connectivity index (χ2v) is 4.56. The maximum Gasteiger partial charge on any atom is 0.0524 e. The van der Waals surface area contributed by atoms with E-state index in [9.17, 15) is 0 Å². The van der Waals surface area contributed by atoms with Crippen LogP contribution in [0, 0.1) is 5.92 Å². The summed E-state index contributed by atoms with van der Waals surface area (Å²) in [6.07, 6.45) is 3.42. The molecule has 1 atom stereocenters. The van der Waals surface area contributed by atoms with Gasteiger partial charge in [0.1, 0.15) is 0 Å². The summed E-state index contributed by atoms with van der Waals surface area (Å²) in [6, 6.07) is 0. The van der Waals surface area contributed by atoms with Crippen LogP contribution in [0.4, 0.5) is 0 Å². The zero-order valence-corrected chi connectivity index (χ0v) is 8.43. The van der Waals surface area contributed by atoms with Crippen molar-refractivity contribution < 1.29 is 5.11 Å². The van der Waals surface area contributed by atoms with Gasteiger partial charge in [0.2, 0.25) is 0 Å². The van der Waals surface area contributed by atoms with Crippen LogP contribution in [0.2, 0.25) is 0 Å². The summed E-state index contributed by atoms with van der Waals surface area (Å²) in [5.41, 5.74) is 0.287. The average Bonchev–Trinajstić information content (AvgIpc) is 2.65. The van der Waals surface area contributed by atoms with Gasteiger partial charge in [0.15, 0.2) is 0 Å². The number of aliphatic hydroxyl groups excluding tert-OH is 1. The van der Waals surface area contributed by atoms with Gasteiger partial charge in [-0.2, -0.15) is 0 Å². The van der Waals surface area contributed by atoms with Gasteiger partial charge in [-0.3, -0.25) is 0 Å². The molecule has 2 nitrogen and oxygen atoms in total. The molecule has 0 aromatic rings. The number of rotatable bonds is 5. The highest BCUT2D eigenvalue weighted by Gasteiger charge is 2.36. The standard InChI is InChI=1S/C10H21NO/c1-8(12)6-7-11-10(2,3)9-4-5-9/h8-9,11-12H,4-7H2,1-3H3. The fraction of sp³-hybridized carbons (Fsp3) is 1.00. The van der Waals surface area contributed by atoms with Crippen molar-refractivity contribution in [2.45, 2.75) is 51.7 Å².